The Bertz CT molecular complexity index is 335. The summed E-state index contributed by atoms with van der Waals surface area (Å²) in [5.41, 5.74) is 5.14. The number of hydrogen-bond donors (Lipinski definition) is 3. The van der Waals surface area contributed by atoms with Gasteiger partial charge in [0.15, 0.2) is 0 Å². The lowest BCUT2D eigenvalue weighted by molar-refractivity contribution is -0.112. The number of nitrogens with two attached hydrogens (primary N) is 1. The Morgan fingerprint density at radius 1 is 1.38 bits per heavy atom. The molecule has 0 heterocycles. The van der Waals surface area contributed by atoms with E-state index < -0.39 is 5.91 Å². The van der Waals surface area contributed by atoms with Crippen LogP contribution in [0.4, 0.5) is 0 Å². The third-order valence-electron chi connectivity index (χ3n) is 1.49. The second kappa shape index (κ2) is 4.06. The number of benzene rings is 1. The molecule has 0 radical (unpaired) electrons. The number of amides is 1. The SMILES string of the molecule is N=C(C(N)=O)c1ccc(SO)cc1. The highest BCUT2D eigenvalue weighted by Crippen LogP contribution is 2.14. The Balaban J connectivity index is 2.92. The highest BCUT2D eigenvalue weighted by atomic mass is 32.2. The van der Waals surface area contributed by atoms with E-state index in [9.17, 15) is 4.79 Å². The molecule has 0 spiro atoms. The fourth-order valence-electron chi connectivity index (χ4n) is 0.825. The molecule has 1 aromatic rings. The van der Waals surface area contributed by atoms with E-state index in [-0.39, 0.29) is 5.71 Å². The van der Waals surface area contributed by atoms with Crippen LogP contribution < -0.4 is 5.73 Å². The topological polar surface area (TPSA) is 87.2 Å². The second-order valence-corrected chi connectivity index (χ2v) is 3.01. The molecule has 0 fully saturated rings. The van der Waals surface area contributed by atoms with Crippen molar-refractivity contribution in [3.63, 3.8) is 0 Å². The van der Waals surface area contributed by atoms with Crippen molar-refractivity contribution in [1.29, 1.82) is 5.41 Å². The van der Waals surface area contributed by atoms with Crippen LogP contribution in [0, 0.1) is 5.41 Å². The number of hydrogen-bond acceptors (Lipinski definition) is 4. The predicted octanol–water partition coefficient (Wildman–Crippen LogP) is 1.10. The van der Waals surface area contributed by atoms with Gasteiger partial charge in [-0.25, -0.2) is 0 Å². The van der Waals surface area contributed by atoms with Crippen molar-refractivity contribution >= 4 is 23.7 Å². The summed E-state index contributed by atoms with van der Waals surface area (Å²) in [6, 6.07) is 6.34. The van der Waals surface area contributed by atoms with Gasteiger partial charge in [0.05, 0.1) is 0 Å². The lowest BCUT2D eigenvalue weighted by atomic mass is 10.1. The molecule has 0 aliphatic heterocycles. The fraction of sp³-hybridized carbons (Fsp3) is 0. The first-order valence-corrected chi connectivity index (χ1v) is 4.22. The summed E-state index contributed by atoms with van der Waals surface area (Å²) >= 11 is 0.611. The minimum Gasteiger partial charge on any atom is -0.364 e. The van der Waals surface area contributed by atoms with Crippen molar-refractivity contribution < 1.29 is 9.35 Å². The van der Waals surface area contributed by atoms with Gasteiger partial charge in [0, 0.05) is 22.5 Å². The largest absolute Gasteiger partial charge is 0.364 e. The van der Waals surface area contributed by atoms with Gasteiger partial charge in [0.25, 0.3) is 5.91 Å². The zero-order chi connectivity index (χ0) is 9.84. The monoisotopic (exact) mass is 196 g/mol. The average Bonchev–Trinajstić information content (AvgIpc) is 2.17. The maximum atomic E-state index is 10.6. The Kier molecular flexibility index (Phi) is 3.05. The van der Waals surface area contributed by atoms with E-state index in [1.807, 2.05) is 0 Å². The van der Waals surface area contributed by atoms with E-state index in [1.54, 1.807) is 24.3 Å². The van der Waals surface area contributed by atoms with Crippen LogP contribution in [0.5, 0.6) is 0 Å². The highest BCUT2D eigenvalue weighted by molar-refractivity contribution is 7.93. The van der Waals surface area contributed by atoms with Gasteiger partial charge >= 0.3 is 0 Å². The standard InChI is InChI=1S/C8H8N2O2S/c9-7(8(10)11)5-1-3-6(13-12)4-2-5/h1-4,9,12H,(H2,10,11). The second-order valence-electron chi connectivity index (χ2n) is 2.35. The van der Waals surface area contributed by atoms with Crippen LogP contribution in [0.2, 0.25) is 0 Å². The molecule has 0 saturated carbocycles. The van der Waals surface area contributed by atoms with Crippen LogP contribution in [-0.4, -0.2) is 16.2 Å². The zero-order valence-electron chi connectivity index (χ0n) is 6.65. The molecule has 13 heavy (non-hydrogen) atoms. The van der Waals surface area contributed by atoms with Gasteiger partial charge in [-0.1, -0.05) is 12.1 Å². The molecule has 0 aromatic heterocycles. The molecule has 1 aromatic carbocycles. The quantitative estimate of drug-likeness (QED) is 0.499. The predicted molar refractivity (Wildman–Crippen MR) is 51.0 cm³/mol. The number of carbonyl (C=O) groups excluding carboxylic acids is 1. The molecule has 1 amide bonds. The number of primary amides is 1. The molecule has 4 N–H and O–H groups in total. The van der Waals surface area contributed by atoms with E-state index in [2.05, 4.69) is 0 Å². The van der Waals surface area contributed by atoms with Crippen molar-refractivity contribution in [1.82, 2.24) is 0 Å². The van der Waals surface area contributed by atoms with Crippen molar-refractivity contribution in [3.05, 3.63) is 29.8 Å². The van der Waals surface area contributed by atoms with Crippen LogP contribution in [0.15, 0.2) is 29.2 Å². The van der Waals surface area contributed by atoms with E-state index in [4.69, 9.17) is 15.7 Å². The summed E-state index contributed by atoms with van der Waals surface area (Å²) in [6.07, 6.45) is 0. The van der Waals surface area contributed by atoms with Crippen LogP contribution in [-0.2, 0) is 4.79 Å². The van der Waals surface area contributed by atoms with E-state index >= 15 is 0 Å². The van der Waals surface area contributed by atoms with Crippen LogP contribution in [0.1, 0.15) is 5.56 Å². The van der Waals surface area contributed by atoms with Gasteiger partial charge in [-0.15, -0.1) is 0 Å². The third kappa shape index (κ3) is 2.30. The van der Waals surface area contributed by atoms with Gasteiger partial charge in [-0.05, 0) is 12.1 Å². The molecule has 0 atom stereocenters. The smallest absolute Gasteiger partial charge is 0.267 e. The van der Waals surface area contributed by atoms with Crippen molar-refractivity contribution in [2.75, 3.05) is 0 Å². The average molecular weight is 196 g/mol. The highest BCUT2D eigenvalue weighted by Gasteiger charge is 2.06. The van der Waals surface area contributed by atoms with Gasteiger partial charge < -0.3 is 10.3 Å². The summed E-state index contributed by atoms with van der Waals surface area (Å²) in [7, 11) is 0. The van der Waals surface area contributed by atoms with Crippen molar-refractivity contribution in [3.8, 4) is 0 Å². The van der Waals surface area contributed by atoms with Gasteiger partial charge in [-0.2, -0.15) is 0 Å². The summed E-state index contributed by atoms with van der Waals surface area (Å²) in [5, 5.41) is 7.27. The molecule has 68 valence electrons. The molecule has 0 saturated heterocycles. The number of rotatable bonds is 3. The summed E-state index contributed by atoms with van der Waals surface area (Å²) in [5.74, 6) is -0.760. The van der Waals surface area contributed by atoms with Gasteiger partial charge in [-0.3, -0.25) is 10.2 Å². The minimum atomic E-state index is -0.760. The first-order chi connectivity index (χ1) is 6.15. The maximum Gasteiger partial charge on any atom is 0.267 e. The zero-order valence-corrected chi connectivity index (χ0v) is 7.47. The molecule has 4 nitrogen and oxygen atoms in total. The van der Waals surface area contributed by atoms with Gasteiger partial charge in [0.1, 0.15) is 5.71 Å². The van der Waals surface area contributed by atoms with Gasteiger partial charge in [0.2, 0.25) is 0 Å². The van der Waals surface area contributed by atoms with Crippen LogP contribution >= 0.6 is 12.0 Å². The summed E-state index contributed by atoms with van der Waals surface area (Å²) in [4.78, 5) is 11.3. The van der Waals surface area contributed by atoms with Crippen molar-refractivity contribution in [2.45, 2.75) is 4.90 Å². The lowest BCUT2D eigenvalue weighted by Crippen LogP contribution is -2.22. The molecular formula is C8H8N2O2S. The molecule has 1 rings (SSSR count). The van der Waals surface area contributed by atoms with E-state index in [0.29, 0.717) is 22.5 Å². The Morgan fingerprint density at radius 2 is 1.92 bits per heavy atom. The molecule has 5 heteroatoms. The fourth-order valence-corrected chi connectivity index (χ4v) is 1.08. The summed E-state index contributed by atoms with van der Waals surface area (Å²) in [6.45, 7) is 0. The lowest BCUT2D eigenvalue weighted by Gasteiger charge is -1.99. The first-order valence-electron chi connectivity index (χ1n) is 3.45. The van der Waals surface area contributed by atoms with E-state index in [0.717, 1.165) is 0 Å². The third-order valence-corrected chi connectivity index (χ3v) is 1.98. The molecule has 0 unspecified atom stereocenters. The molecular weight excluding hydrogens is 188 g/mol. The Morgan fingerprint density at radius 3 is 2.31 bits per heavy atom. The molecule has 0 bridgehead atoms. The molecule has 0 aliphatic rings. The number of carbonyl (C=O) groups is 1. The maximum absolute atomic E-state index is 10.6. The number of nitrogens with one attached hydrogen (secondary N) is 1. The summed E-state index contributed by atoms with van der Waals surface area (Å²) < 4.78 is 8.65. The minimum absolute atomic E-state index is 0.227. The van der Waals surface area contributed by atoms with Crippen LogP contribution in [0.25, 0.3) is 0 Å². The van der Waals surface area contributed by atoms with Crippen LogP contribution in [0.3, 0.4) is 0 Å². The molecule has 0 aliphatic carbocycles. The first kappa shape index (κ1) is 9.76. The Labute approximate surface area is 79.5 Å². The van der Waals surface area contributed by atoms with Crippen molar-refractivity contribution in [2.24, 2.45) is 5.73 Å². The normalized spacial score (nSPS) is 9.62. The Hall–Kier alpha value is -1.33. The van der Waals surface area contributed by atoms with E-state index in [1.165, 1.54) is 0 Å².